The van der Waals surface area contributed by atoms with Gasteiger partial charge >= 0.3 is 0 Å². The molecule has 0 radical (unpaired) electrons. The van der Waals surface area contributed by atoms with Crippen molar-refractivity contribution in [3.8, 4) is 0 Å². The van der Waals surface area contributed by atoms with Crippen molar-refractivity contribution >= 4 is 40.9 Å². The van der Waals surface area contributed by atoms with Gasteiger partial charge in [-0.2, -0.15) is 5.10 Å². The number of halogens is 3. The average molecular weight is 503 g/mol. The molecule has 0 saturated heterocycles. The van der Waals surface area contributed by atoms with Crippen LogP contribution in [0, 0.1) is 5.82 Å². The summed E-state index contributed by atoms with van der Waals surface area (Å²) in [6.07, 6.45) is 11.8. The maximum absolute atomic E-state index is 13.5. The van der Waals surface area contributed by atoms with Crippen molar-refractivity contribution in [3.05, 3.63) is 106 Å². The van der Waals surface area contributed by atoms with Crippen LogP contribution in [-0.4, -0.2) is 24.0 Å². The number of allylic oxidation sites excluding steroid dienone is 5. The number of carbonyl (C=O) groups excluding carboxylic acids is 1. The number of hydrogen-bond acceptors (Lipinski definition) is 5. The van der Waals surface area contributed by atoms with Crippen LogP contribution in [-0.2, 0) is 6.54 Å². The molecule has 1 aliphatic heterocycles. The van der Waals surface area contributed by atoms with Crippen LogP contribution in [0.1, 0.15) is 47.4 Å². The minimum Gasteiger partial charge on any atom is -0.316 e. The molecular weight excluding hydrogens is 474 g/mol. The summed E-state index contributed by atoms with van der Waals surface area (Å²) >= 11 is 11.1. The number of rotatable bonds is 7. The third kappa shape index (κ3) is 9.06. The fourth-order valence-electron chi connectivity index (χ4n) is 2.87. The lowest BCUT2D eigenvalue weighted by atomic mass is 10.0. The molecule has 2 N–H and O–H groups in total. The minimum atomic E-state index is -0.406. The highest BCUT2D eigenvalue weighted by Crippen LogP contribution is 2.23. The first kappa shape index (κ1) is 29.0. The monoisotopic (exact) mass is 502 g/mol. The first-order valence-electron chi connectivity index (χ1n) is 10.7. The molecule has 2 aromatic rings. The summed E-state index contributed by atoms with van der Waals surface area (Å²) in [5.74, 6) is -0.406. The van der Waals surface area contributed by atoms with Crippen LogP contribution < -0.4 is 10.7 Å². The molecule has 0 spiro atoms. The summed E-state index contributed by atoms with van der Waals surface area (Å²) in [6.45, 7) is 7.98. The lowest BCUT2D eigenvalue weighted by Crippen LogP contribution is -2.20. The zero-order chi connectivity index (χ0) is 25.3. The maximum atomic E-state index is 13.5. The van der Waals surface area contributed by atoms with Crippen molar-refractivity contribution in [1.82, 2.24) is 15.7 Å². The standard InChI is InChI=1S/C18H16ClFN4O.C6H7Cl.C2H6/c1-21-9-15-11(10-25)4-5-22-18(15)17-3-2-16(23-24-17)12-6-13(19)8-14(20)7-12;1-2-3-4-5-6-7;1-2/h2,4-8,10,21,23H,3,9H2,1H3;2-6H,1H2;1-2H3/b;4-3-,6-5+;. The number of nitrogens with one attached hydrogen (secondary N) is 2. The molecule has 0 saturated carbocycles. The highest BCUT2D eigenvalue weighted by molar-refractivity contribution is 6.30. The van der Waals surface area contributed by atoms with Gasteiger partial charge in [-0.1, -0.05) is 74.0 Å². The van der Waals surface area contributed by atoms with Crippen LogP contribution in [0.15, 0.2) is 78.1 Å². The van der Waals surface area contributed by atoms with Crippen molar-refractivity contribution in [2.45, 2.75) is 26.8 Å². The number of aromatic nitrogens is 1. The van der Waals surface area contributed by atoms with Gasteiger partial charge in [0.25, 0.3) is 0 Å². The van der Waals surface area contributed by atoms with Gasteiger partial charge in [0.15, 0.2) is 6.29 Å². The van der Waals surface area contributed by atoms with E-state index in [1.807, 2.05) is 19.9 Å². The number of aldehydes is 1. The third-order valence-electron chi connectivity index (χ3n) is 4.26. The average Bonchev–Trinajstić information content (AvgIpc) is 2.86. The quantitative estimate of drug-likeness (QED) is 0.328. The van der Waals surface area contributed by atoms with E-state index in [0.29, 0.717) is 46.2 Å². The second kappa shape index (κ2) is 16.5. The van der Waals surface area contributed by atoms with E-state index in [1.54, 1.807) is 49.7 Å². The third-order valence-corrected chi connectivity index (χ3v) is 4.63. The molecule has 0 atom stereocenters. The van der Waals surface area contributed by atoms with E-state index in [4.69, 9.17) is 23.2 Å². The molecule has 0 bridgehead atoms. The first-order valence-corrected chi connectivity index (χ1v) is 11.5. The van der Waals surface area contributed by atoms with Gasteiger partial charge in [-0.05, 0) is 31.3 Å². The van der Waals surface area contributed by atoms with Gasteiger partial charge in [0.1, 0.15) is 5.82 Å². The second-order valence-electron chi connectivity index (χ2n) is 6.46. The molecule has 180 valence electrons. The fraction of sp³-hybridized carbons (Fsp3) is 0.192. The van der Waals surface area contributed by atoms with E-state index in [0.717, 1.165) is 11.8 Å². The zero-order valence-electron chi connectivity index (χ0n) is 19.5. The SMILES string of the molecule is C=C/C=C\C=C\Cl.CC.CNCc1c(C=O)ccnc1C1=NNC(c2cc(F)cc(Cl)c2)=CC1. The Bertz CT molecular complexity index is 1060. The second-order valence-corrected chi connectivity index (χ2v) is 7.15. The molecule has 8 heteroatoms. The molecule has 0 unspecified atom stereocenters. The molecule has 34 heavy (non-hydrogen) atoms. The van der Waals surface area contributed by atoms with Crippen LogP contribution in [0.25, 0.3) is 5.70 Å². The van der Waals surface area contributed by atoms with Gasteiger partial charge < -0.3 is 5.32 Å². The highest BCUT2D eigenvalue weighted by Gasteiger charge is 2.17. The number of nitrogens with zero attached hydrogens (tertiary/aromatic N) is 2. The Labute approximate surface area is 210 Å². The van der Waals surface area contributed by atoms with E-state index in [9.17, 15) is 9.18 Å². The van der Waals surface area contributed by atoms with Gasteiger partial charge in [0.05, 0.1) is 17.1 Å². The van der Waals surface area contributed by atoms with Gasteiger partial charge in [-0.25, -0.2) is 4.39 Å². The summed E-state index contributed by atoms with van der Waals surface area (Å²) in [6, 6.07) is 5.99. The summed E-state index contributed by atoms with van der Waals surface area (Å²) in [5.41, 5.74) is 8.41. The van der Waals surface area contributed by atoms with Gasteiger partial charge in [-0.3, -0.25) is 15.2 Å². The van der Waals surface area contributed by atoms with Crippen molar-refractivity contribution < 1.29 is 9.18 Å². The van der Waals surface area contributed by atoms with Crippen LogP contribution in [0.5, 0.6) is 0 Å². The molecule has 0 fully saturated rings. The lowest BCUT2D eigenvalue weighted by Gasteiger charge is -2.17. The van der Waals surface area contributed by atoms with Gasteiger partial charge in [-0.15, -0.1) is 0 Å². The molecule has 0 amide bonds. The largest absolute Gasteiger partial charge is 0.316 e. The Morgan fingerprint density at radius 3 is 2.56 bits per heavy atom. The topological polar surface area (TPSA) is 66.4 Å². The lowest BCUT2D eigenvalue weighted by molar-refractivity contribution is 0.112. The van der Waals surface area contributed by atoms with E-state index in [2.05, 4.69) is 27.4 Å². The number of pyridine rings is 1. The smallest absolute Gasteiger partial charge is 0.150 e. The predicted octanol–water partition coefficient (Wildman–Crippen LogP) is 6.65. The minimum absolute atomic E-state index is 0.323. The fourth-order valence-corrected chi connectivity index (χ4v) is 3.18. The van der Waals surface area contributed by atoms with Crippen molar-refractivity contribution in [3.63, 3.8) is 0 Å². The Balaban J connectivity index is 0.000000553. The van der Waals surface area contributed by atoms with Crippen LogP contribution in [0.3, 0.4) is 0 Å². The molecule has 0 aliphatic carbocycles. The van der Waals surface area contributed by atoms with Gasteiger partial charge in [0.2, 0.25) is 0 Å². The molecule has 5 nitrogen and oxygen atoms in total. The Morgan fingerprint density at radius 2 is 2.00 bits per heavy atom. The summed E-state index contributed by atoms with van der Waals surface area (Å²) < 4.78 is 13.5. The molecular formula is C26H29Cl2FN4O. The van der Waals surface area contributed by atoms with E-state index >= 15 is 0 Å². The van der Waals surface area contributed by atoms with Crippen molar-refractivity contribution in [2.24, 2.45) is 5.10 Å². The van der Waals surface area contributed by atoms with E-state index in [1.165, 1.54) is 17.7 Å². The summed E-state index contributed by atoms with van der Waals surface area (Å²) in [5, 5.41) is 7.72. The number of carbonyl (C=O) groups is 1. The normalized spacial score (nSPS) is 12.5. The first-order chi connectivity index (χ1) is 16.5. The Hall–Kier alpha value is -3.06. The predicted molar refractivity (Wildman–Crippen MR) is 142 cm³/mol. The molecule has 2 heterocycles. The Kier molecular flexibility index (Phi) is 14.1. The van der Waals surface area contributed by atoms with Crippen LogP contribution in [0.2, 0.25) is 5.02 Å². The number of benzene rings is 1. The maximum Gasteiger partial charge on any atom is 0.150 e. The van der Waals surface area contributed by atoms with E-state index in [-0.39, 0.29) is 0 Å². The number of hydrazone groups is 1. The zero-order valence-corrected chi connectivity index (χ0v) is 21.0. The molecule has 1 aromatic carbocycles. The Morgan fingerprint density at radius 1 is 1.24 bits per heavy atom. The molecule has 1 aliphatic rings. The summed E-state index contributed by atoms with van der Waals surface area (Å²) in [7, 11) is 1.80. The van der Waals surface area contributed by atoms with Crippen molar-refractivity contribution in [2.75, 3.05) is 7.05 Å². The van der Waals surface area contributed by atoms with Crippen molar-refractivity contribution in [1.29, 1.82) is 0 Å². The van der Waals surface area contributed by atoms with Crippen LogP contribution in [0.4, 0.5) is 4.39 Å². The molecule has 1 aromatic heterocycles. The number of hydrogen-bond donors (Lipinski definition) is 2. The van der Waals surface area contributed by atoms with Gasteiger partial charge in [0, 0.05) is 46.4 Å². The summed E-state index contributed by atoms with van der Waals surface area (Å²) in [4.78, 5) is 15.6. The van der Waals surface area contributed by atoms with Crippen LogP contribution >= 0.6 is 23.2 Å². The van der Waals surface area contributed by atoms with E-state index < -0.39 is 5.82 Å². The highest BCUT2D eigenvalue weighted by atomic mass is 35.5. The molecule has 3 rings (SSSR count).